The summed E-state index contributed by atoms with van der Waals surface area (Å²) in [5.74, 6) is -2.93. The number of carbonyl (C=O) groups is 3. The second-order valence-corrected chi connectivity index (χ2v) is 19.0. The fourth-order valence-electron chi connectivity index (χ4n) is 8.74. The van der Waals surface area contributed by atoms with E-state index in [1.165, 1.54) is 27.7 Å². The molecule has 76 heavy (non-hydrogen) atoms. The van der Waals surface area contributed by atoms with Gasteiger partial charge in [0.15, 0.2) is 37.6 Å². The Morgan fingerprint density at radius 3 is 1.53 bits per heavy atom. The molecule has 4 aliphatic heterocycles. The van der Waals surface area contributed by atoms with E-state index >= 15 is 0 Å². The predicted octanol–water partition coefficient (Wildman–Crippen LogP) is -10.1. The van der Waals surface area contributed by atoms with Gasteiger partial charge in [0.1, 0.15) is 91.5 Å². The van der Waals surface area contributed by atoms with Crippen molar-refractivity contribution in [3.8, 4) is 0 Å². The summed E-state index contributed by atoms with van der Waals surface area (Å²) in [4.78, 5) is 36.0. The highest BCUT2D eigenvalue weighted by Crippen LogP contribution is 2.36. The summed E-state index contributed by atoms with van der Waals surface area (Å²) in [6.45, 7) is 3.55. The van der Waals surface area contributed by atoms with E-state index in [4.69, 9.17) is 52.1 Å². The lowest BCUT2D eigenvalue weighted by Gasteiger charge is -2.50. The lowest BCUT2D eigenvalue weighted by molar-refractivity contribution is -0.390. The standard InChI is InChI=1S/C44H79N3O29/c1-14-21(8-48)69-41(33(62)28(14)57)74-35-26(13-53)73-40(27(31(35)60)45-18(5)54)76-37-32(61)29(58)24(11-51)72-43(37)75-36-30(59)25(12-52)71-42(34(36)63)67-16(3)23(10-50)70-44(39(65)47-20(7)56)68-15(2)22(9-49)66-17(4)38(64)46-19(6)55/h14-17,21-44,48-53,57-65H,8-13H2,1-7H3,(H,45,54)(H,46,55)(H,47,56)/t14?,15-,16-,17?,21?,22?,23?,24+,25?,26?,27?,28?,29?,30?,31?,32?,33?,34?,35?,36?,37?,38-,39-,40?,41?,42?,43+,44?/m0/s1. The third kappa shape index (κ3) is 16.7. The molecule has 0 aromatic heterocycles. The average molecular weight is 1110 g/mol. The van der Waals surface area contributed by atoms with Crippen LogP contribution in [-0.2, 0) is 66.5 Å². The largest absolute Gasteiger partial charge is 0.394 e. The number of amides is 3. The Bertz CT molecular complexity index is 1770. The molecule has 3 amide bonds. The summed E-state index contributed by atoms with van der Waals surface area (Å²) in [6.07, 6.45) is -44.7. The van der Waals surface area contributed by atoms with E-state index in [2.05, 4.69) is 16.0 Å². The minimum absolute atomic E-state index is 0.587. The Kier molecular flexibility index (Phi) is 26.2. The second-order valence-electron chi connectivity index (χ2n) is 19.0. The minimum Gasteiger partial charge on any atom is -0.394 e. The van der Waals surface area contributed by atoms with E-state index < -0.39 is 229 Å². The van der Waals surface area contributed by atoms with Gasteiger partial charge in [0.05, 0.1) is 70.2 Å². The van der Waals surface area contributed by atoms with Crippen LogP contribution in [0.2, 0.25) is 0 Å². The van der Waals surface area contributed by atoms with E-state index in [1.54, 1.807) is 0 Å². The minimum atomic E-state index is -2.13. The molecule has 32 heteroatoms. The molecule has 4 aliphatic rings. The van der Waals surface area contributed by atoms with Crippen LogP contribution in [0.5, 0.6) is 0 Å². The van der Waals surface area contributed by atoms with Crippen LogP contribution in [0.1, 0.15) is 48.5 Å². The van der Waals surface area contributed by atoms with Gasteiger partial charge in [0, 0.05) is 26.7 Å². The van der Waals surface area contributed by atoms with Gasteiger partial charge in [-0.3, -0.25) is 14.4 Å². The molecule has 0 radical (unpaired) electrons. The first-order valence-corrected chi connectivity index (χ1v) is 24.6. The lowest BCUT2D eigenvalue weighted by Crippen LogP contribution is -2.69. The Labute approximate surface area is 436 Å². The Morgan fingerprint density at radius 2 is 0.974 bits per heavy atom. The first-order valence-electron chi connectivity index (χ1n) is 24.6. The Balaban J connectivity index is 1.58. The van der Waals surface area contributed by atoms with Crippen molar-refractivity contribution in [1.29, 1.82) is 0 Å². The molecule has 0 saturated carbocycles. The van der Waals surface area contributed by atoms with Gasteiger partial charge >= 0.3 is 0 Å². The number of ether oxygens (including phenoxy) is 11. The van der Waals surface area contributed by atoms with Crippen LogP contribution in [0, 0.1) is 5.92 Å². The van der Waals surface area contributed by atoms with Crippen LogP contribution in [0.25, 0.3) is 0 Å². The van der Waals surface area contributed by atoms with Gasteiger partial charge in [-0.2, -0.15) is 0 Å². The zero-order valence-electron chi connectivity index (χ0n) is 42.8. The highest BCUT2D eigenvalue weighted by Gasteiger charge is 2.56. The zero-order valence-corrected chi connectivity index (χ0v) is 42.8. The van der Waals surface area contributed by atoms with Crippen LogP contribution in [-0.4, -0.2) is 300 Å². The SMILES string of the molecule is CC(=O)NC1C(OC2C(O)C(O)[C@@H](CO)O[C@@H]2OC2C(O)C(CO)OC(O[C@@H](C)C(CO)OC(O[C@@H](C)C(CO)OC(C)[C@H](O)NC(C)=O)[C@H](O)NC(C)=O)C2O)OC(CO)C(OC2OC(CO)C(C)C(O)C2O)C1O. The number of rotatable bonds is 27. The Hall–Kier alpha value is -2.63. The fraction of sp³-hybridized carbons (Fsp3) is 0.932. The van der Waals surface area contributed by atoms with Crippen LogP contribution in [0.3, 0.4) is 0 Å². The molecule has 0 bridgehead atoms. The number of hydrogen-bond acceptors (Lipinski definition) is 29. The van der Waals surface area contributed by atoms with Gasteiger partial charge < -0.3 is 145 Å². The molecule has 18 N–H and O–H groups in total. The third-order valence-electron chi connectivity index (χ3n) is 13.2. The van der Waals surface area contributed by atoms with Crippen molar-refractivity contribution in [2.45, 2.75) is 214 Å². The van der Waals surface area contributed by atoms with Crippen LogP contribution >= 0.6 is 0 Å². The number of carbonyl (C=O) groups excluding carboxylic acids is 3. The molecule has 4 rings (SSSR count). The van der Waals surface area contributed by atoms with Gasteiger partial charge in [-0.05, 0) is 20.8 Å². The van der Waals surface area contributed by atoms with Gasteiger partial charge in [-0.1, -0.05) is 6.92 Å². The molecule has 0 spiro atoms. The first kappa shape index (κ1) is 65.9. The van der Waals surface area contributed by atoms with Gasteiger partial charge in [0.25, 0.3) is 0 Å². The van der Waals surface area contributed by atoms with Crippen molar-refractivity contribution in [3.05, 3.63) is 0 Å². The zero-order chi connectivity index (χ0) is 57.0. The van der Waals surface area contributed by atoms with Crippen LogP contribution < -0.4 is 16.0 Å². The Morgan fingerprint density at radius 1 is 0.474 bits per heavy atom. The molecule has 0 aliphatic carbocycles. The van der Waals surface area contributed by atoms with Crippen molar-refractivity contribution in [2.24, 2.45) is 5.92 Å². The maximum absolute atomic E-state index is 12.6. The quantitative estimate of drug-likeness (QED) is 0.0340. The summed E-state index contributed by atoms with van der Waals surface area (Å²) in [5.41, 5.74) is 0. The third-order valence-corrected chi connectivity index (χ3v) is 13.2. The second kappa shape index (κ2) is 30.3. The lowest BCUT2D eigenvalue weighted by atomic mass is 9.90. The molecule has 0 aromatic rings. The molecule has 444 valence electrons. The summed E-state index contributed by atoms with van der Waals surface area (Å²) in [5, 5.41) is 168. The van der Waals surface area contributed by atoms with E-state index in [-0.39, 0.29) is 0 Å². The molecule has 0 aromatic carbocycles. The van der Waals surface area contributed by atoms with Crippen molar-refractivity contribution < 1.29 is 143 Å². The van der Waals surface area contributed by atoms with E-state index in [0.29, 0.717) is 0 Å². The summed E-state index contributed by atoms with van der Waals surface area (Å²) < 4.78 is 64.1. The summed E-state index contributed by atoms with van der Waals surface area (Å²) in [7, 11) is 0. The molecule has 28 atom stereocenters. The maximum atomic E-state index is 12.6. The molecule has 4 saturated heterocycles. The molecule has 22 unspecified atom stereocenters. The highest BCUT2D eigenvalue weighted by atomic mass is 16.8. The average Bonchev–Trinajstić information content (AvgIpc) is 3.36. The summed E-state index contributed by atoms with van der Waals surface area (Å²) >= 11 is 0. The van der Waals surface area contributed by atoms with Crippen LogP contribution in [0.4, 0.5) is 0 Å². The van der Waals surface area contributed by atoms with Crippen molar-refractivity contribution in [1.82, 2.24) is 16.0 Å². The van der Waals surface area contributed by atoms with E-state index in [0.717, 1.165) is 20.8 Å². The molecule has 4 fully saturated rings. The number of hydrogen-bond donors (Lipinski definition) is 18. The number of aliphatic hydroxyl groups is 15. The predicted molar refractivity (Wildman–Crippen MR) is 244 cm³/mol. The molecular weight excluding hydrogens is 1030 g/mol. The van der Waals surface area contributed by atoms with Gasteiger partial charge in [-0.15, -0.1) is 0 Å². The smallest absolute Gasteiger partial charge is 0.218 e. The maximum Gasteiger partial charge on any atom is 0.218 e. The summed E-state index contributed by atoms with van der Waals surface area (Å²) in [6, 6.07) is -1.71. The first-order chi connectivity index (χ1) is 35.8. The number of aliphatic hydroxyl groups excluding tert-OH is 15. The molecule has 4 heterocycles. The number of nitrogens with one attached hydrogen (secondary N) is 3. The highest BCUT2D eigenvalue weighted by molar-refractivity contribution is 5.73. The van der Waals surface area contributed by atoms with Crippen LogP contribution in [0.15, 0.2) is 0 Å². The van der Waals surface area contributed by atoms with E-state index in [9.17, 15) is 91.0 Å². The van der Waals surface area contributed by atoms with E-state index in [1.807, 2.05) is 0 Å². The van der Waals surface area contributed by atoms with Crippen molar-refractivity contribution in [2.75, 3.05) is 39.6 Å². The monoisotopic (exact) mass is 1110 g/mol. The fourth-order valence-corrected chi connectivity index (χ4v) is 8.74. The molecular formula is C44H79N3O29. The van der Waals surface area contributed by atoms with Gasteiger partial charge in [-0.25, -0.2) is 0 Å². The van der Waals surface area contributed by atoms with Crippen molar-refractivity contribution >= 4 is 17.7 Å². The van der Waals surface area contributed by atoms with Crippen molar-refractivity contribution in [3.63, 3.8) is 0 Å². The normalized spacial score (nSPS) is 39.4. The topological polar surface area (TPSA) is 492 Å². The van der Waals surface area contributed by atoms with Gasteiger partial charge in [0.2, 0.25) is 24.0 Å². The molecule has 32 nitrogen and oxygen atoms in total.